The maximum Gasteiger partial charge on any atom is 0.433 e. The summed E-state index contributed by atoms with van der Waals surface area (Å²) in [4.78, 5) is 7.18. The van der Waals surface area contributed by atoms with Crippen molar-refractivity contribution in [2.45, 2.75) is 19.1 Å². The first-order valence-corrected chi connectivity index (χ1v) is 5.99. The van der Waals surface area contributed by atoms with E-state index in [2.05, 4.69) is 15.3 Å². The van der Waals surface area contributed by atoms with Crippen molar-refractivity contribution in [3.63, 3.8) is 0 Å². The van der Waals surface area contributed by atoms with Gasteiger partial charge in [-0.15, -0.1) is 0 Å². The molecule has 20 heavy (non-hydrogen) atoms. The van der Waals surface area contributed by atoms with Crippen LogP contribution in [0.15, 0.2) is 31.0 Å². The van der Waals surface area contributed by atoms with Gasteiger partial charge >= 0.3 is 6.18 Å². The average molecular weight is 285 g/mol. The molecule has 0 fully saturated rings. The molecule has 0 saturated carbocycles. The molecule has 0 atom stereocenters. The van der Waals surface area contributed by atoms with Gasteiger partial charge in [-0.3, -0.25) is 0 Å². The van der Waals surface area contributed by atoms with E-state index in [1.807, 2.05) is 10.8 Å². The molecule has 0 saturated heterocycles. The topological polar surface area (TPSA) is 68.8 Å². The lowest BCUT2D eigenvalue weighted by Crippen LogP contribution is -2.12. The standard InChI is InChI=1S/C12H14F3N5/c13-12(14,15)11-6-10(9(16)7-19-11)18-2-1-4-20-5-3-17-8-20/h3,5-8H,1-2,4,16H2,(H,18,19). The van der Waals surface area contributed by atoms with Crippen molar-refractivity contribution in [1.82, 2.24) is 14.5 Å². The predicted octanol–water partition coefficient (Wildman–Crippen LogP) is 2.38. The number of hydrogen-bond acceptors (Lipinski definition) is 4. The first kappa shape index (κ1) is 14.2. The van der Waals surface area contributed by atoms with Gasteiger partial charge in [-0.25, -0.2) is 9.97 Å². The second kappa shape index (κ2) is 5.81. The largest absolute Gasteiger partial charge is 0.433 e. The summed E-state index contributed by atoms with van der Waals surface area (Å²) in [7, 11) is 0. The van der Waals surface area contributed by atoms with Crippen LogP contribution in [0.25, 0.3) is 0 Å². The molecule has 2 aromatic heterocycles. The number of aromatic nitrogens is 3. The van der Waals surface area contributed by atoms with E-state index in [4.69, 9.17) is 5.73 Å². The Labute approximate surface area is 113 Å². The number of pyridine rings is 1. The fourth-order valence-electron chi connectivity index (χ4n) is 1.68. The van der Waals surface area contributed by atoms with E-state index in [9.17, 15) is 13.2 Å². The van der Waals surface area contributed by atoms with Crippen LogP contribution in [-0.2, 0) is 12.7 Å². The van der Waals surface area contributed by atoms with E-state index in [0.29, 0.717) is 6.54 Å². The number of anilines is 2. The molecule has 3 N–H and O–H groups in total. The Balaban J connectivity index is 1.91. The molecule has 2 rings (SSSR count). The fraction of sp³-hybridized carbons (Fsp3) is 0.333. The highest BCUT2D eigenvalue weighted by molar-refractivity contribution is 5.65. The minimum absolute atomic E-state index is 0.195. The van der Waals surface area contributed by atoms with Crippen molar-refractivity contribution in [2.75, 3.05) is 17.6 Å². The summed E-state index contributed by atoms with van der Waals surface area (Å²) >= 11 is 0. The molecule has 8 heteroatoms. The molecular formula is C12H14F3N5. The number of aryl methyl sites for hydroxylation is 1. The second-order valence-corrected chi connectivity index (χ2v) is 4.24. The number of alkyl halides is 3. The number of nitrogens with one attached hydrogen (secondary N) is 1. The Morgan fingerprint density at radius 3 is 2.80 bits per heavy atom. The maximum atomic E-state index is 12.5. The zero-order valence-electron chi connectivity index (χ0n) is 10.6. The van der Waals surface area contributed by atoms with Crippen molar-refractivity contribution in [2.24, 2.45) is 0 Å². The molecule has 0 unspecified atom stereocenters. The van der Waals surface area contributed by atoms with Crippen LogP contribution in [0.3, 0.4) is 0 Å². The van der Waals surface area contributed by atoms with E-state index in [-0.39, 0.29) is 11.4 Å². The Hall–Kier alpha value is -2.25. The third-order valence-corrected chi connectivity index (χ3v) is 2.69. The number of nitrogen functional groups attached to an aromatic ring is 1. The van der Waals surface area contributed by atoms with Gasteiger partial charge in [0.05, 0.1) is 23.9 Å². The van der Waals surface area contributed by atoms with Crippen molar-refractivity contribution in [1.29, 1.82) is 0 Å². The third kappa shape index (κ3) is 3.62. The molecular weight excluding hydrogens is 271 g/mol. The SMILES string of the molecule is Nc1cnc(C(F)(F)F)cc1NCCCn1ccnc1. The van der Waals surface area contributed by atoms with Crippen LogP contribution in [0.2, 0.25) is 0 Å². The lowest BCUT2D eigenvalue weighted by atomic mass is 10.2. The van der Waals surface area contributed by atoms with Gasteiger partial charge in [0.25, 0.3) is 0 Å². The van der Waals surface area contributed by atoms with Gasteiger partial charge in [0.1, 0.15) is 5.69 Å². The van der Waals surface area contributed by atoms with Gasteiger partial charge in [-0.05, 0) is 12.5 Å². The first-order chi connectivity index (χ1) is 9.47. The molecule has 0 aromatic carbocycles. The van der Waals surface area contributed by atoms with Crippen LogP contribution in [-0.4, -0.2) is 21.1 Å². The van der Waals surface area contributed by atoms with Gasteiger partial charge in [-0.2, -0.15) is 13.2 Å². The molecule has 0 aliphatic carbocycles. The van der Waals surface area contributed by atoms with Crippen LogP contribution in [0.1, 0.15) is 12.1 Å². The van der Waals surface area contributed by atoms with E-state index in [1.165, 1.54) is 0 Å². The van der Waals surface area contributed by atoms with E-state index >= 15 is 0 Å². The van der Waals surface area contributed by atoms with Crippen LogP contribution in [0.5, 0.6) is 0 Å². The summed E-state index contributed by atoms with van der Waals surface area (Å²) in [5.41, 5.74) is 5.09. The third-order valence-electron chi connectivity index (χ3n) is 2.69. The lowest BCUT2D eigenvalue weighted by Gasteiger charge is -2.12. The van der Waals surface area contributed by atoms with Gasteiger partial charge in [0.2, 0.25) is 0 Å². The minimum Gasteiger partial charge on any atom is -0.396 e. The summed E-state index contributed by atoms with van der Waals surface area (Å²) in [5, 5.41) is 2.89. The zero-order chi connectivity index (χ0) is 14.6. The van der Waals surface area contributed by atoms with Crippen LogP contribution in [0, 0.1) is 0 Å². The molecule has 0 spiro atoms. The second-order valence-electron chi connectivity index (χ2n) is 4.24. The number of rotatable bonds is 5. The molecule has 0 aliphatic rings. The Bertz CT molecular complexity index is 551. The Morgan fingerprint density at radius 2 is 2.15 bits per heavy atom. The van der Waals surface area contributed by atoms with Crippen LogP contribution < -0.4 is 11.1 Å². The minimum atomic E-state index is -4.47. The summed E-state index contributed by atoms with van der Waals surface area (Å²) in [6.07, 6.45) is 2.45. The van der Waals surface area contributed by atoms with E-state index in [1.54, 1.807) is 12.5 Å². The van der Waals surface area contributed by atoms with E-state index in [0.717, 1.165) is 25.2 Å². The number of halogens is 3. The molecule has 5 nitrogen and oxygen atoms in total. The molecule has 108 valence electrons. The van der Waals surface area contributed by atoms with Crippen molar-refractivity contribution < 1.29 is 13.2 Å². The molecule has 2 aromatic rings. The average Bonchev–Trinajstić information content (AvgIpc) is 2.88. The lowest BCUT2D eigenvalue weighted by molar-refractivity contribution is -0.141. The number of nitrogens with two attached hydrogens (primary N) is 1. The number of imidazole rings is 1. The predicted molar refractivity (Wildman–Crippen MR) is 69.0 cm³/mol. The van der Waals surface area contributed by atoms with Crippen molar-refractivity contribution in [3.05, 3.63) is 36.7 Å². The zero-order valence-corrected chi connectivity index (χ0v) is 10.6. The summed E-state index contributed by atoms with van der Waals surface area (Å²) < 4.78 is 39.5. The van der Waals surface area contributed by atoms with Gasteiger partial charge in [0.15, 0.2) is 0 Å². The number of hydrogen-bond donors (Lipinski definition) is 2. The van der Waals surface area contributed by atoms with Gasteiger partial charge in [0, 0.05) is 25.5 Å². The van der Waals surface area contributed by atoms with E-state index < -0.39 is 11.9 Å². The molecule has 0 radical (unpaired) electrons. The molecule has 0 bridgehead atoms. The maximum absolute atomic E-state index is 12.5. The Kier molecular flexibility index (Phi) is 4.11. The highest BCUT2D eigenvalue weighted by Gasteiger charge is 2.32. The van der Waals surface area contributed by atoms with Crippen LogP contribution in [0.4, 0.5) is 24.5 Å². The first-order valence-electron chi connectivity index (χ1n) is 5.99. The smallest absolute Gasteiger partial charge is 0.396 e. The highest BCUT2D eigenvalue weighted by atomic mass is 19.4. The Morgan fingerprint density at radius 1 is 1.35 bits per heavy atom. The highest BCUT2D eigenvalue weighted by Crippen LogP contribution is 2.30. The quantitative estimate of drug-likeness (QED) is 0.828. The normalized spacial score (nSPS) is 11.6. The molecule has 0 aliphatic heterocycles. The summed E-state index contributed by atoms with van der Waals surface area (Å²) in [6.45, 7) is 1.23. The van der Waals surface area contributed by atoms with Gasteiger partial charge in [-0.1, -0.05) is 0 Å². The summed E-state index contributed by atoms with van der Waals surface area (Å²) in [5.74, 6) is 0. The van der Waals surface area contributed by atoms with Gasteiger partial charge < -0.3 is 15.6 Å². The molecule has 2 heterocycles. The monoisotopic (exact) mass is 285 g/mol. The number of nitrogens with zero attached hydrogens (tertiary/aromatic N) is 3. The fourth-order valence-corrected chi connectivity index (χ4v) is 1.68. The molecule has 0 amide bonds. The van der Waals surface area contributed by atoms with Crippen LogP contribution >= 0.6 is 0 Å². The van der Waals surface area contributed by atoms with Crippen molar-refractivity contribution in [3.8, 4) is 0 Å². The van der Waals surface area contributed by atoms with Crippen molar-refractivity contribution >= 4 is 11.4 Å². The summed E-state index contributed by atoms with van der Waals surface area (Å²) in [6, 6.07) is 0.923.